The summed E-state index contributed by atoms with van der Waals surface area (Å²) in [6, 6.07) is 0. The number of aromatic nitrogens is 2. The van der Waals surface area contributed by atoms with Gasteiger partial charge in [-0.15, -0.1) is 0 Å². The minimum atomic E-state index is -4.83. The Kier molecular flexibility index (Phi) is 3.41. The topological polar surface area (TPSA) is 94.0 Å². The molecule has 1 aromatic rings. The zero-order valence-corrected chi connectivity index (χ0v) is 9.13. The maximum Gasteiger partial charge on any atom is 0.415 e. The second-order valence-corrected chi connectivity index (χ2v) is 3.62. The summed E-state index contributed by atoms with van der Waals surface area (Å²) >= 11 is 0. The van der Waals surface area contributed by atoms with Crippen LogP contribution in [-0.2, 0) is 11.3 Å². The molecule has 0 aliphatic carbocycles. The minimum absolute atomic E-state index is 0.00817. The van der Waals surface area contributed by atoms with Gasteiger partial charge in [-0.25, -0.2) is 0 Å². The SMILES string of the molecule is Cc1noc(CNC(=O)C(C)(N)C(F)(F)F)n1. The highest BCUT2D eigenvalue weighted by molar-refractivity contribution is 5.86. The quantitative estimate of drug-likeness (QED) is 0.805. The highest BCUT2D eigenvalue weighted by Crippen LogP contribution is 2.27. The summed E-state index contributed by atoms with van der Waals surface area (Å²) in [5.41, 5.74) is 1.95. The van der Waals surface area contributed by atoms with E-state index in [-0.39, 0.29) is 12.4 Å². The van der Waals surface area contributed by atoms with Crippen LogP contribution in [0.25, 0.3) is 0 Å². The lowest BCUT2D eigenvalue weighted by Crippen LogP contribution is -2.61. The number of hydrogen-bond donors (Lipinski definition) is 2. The number of hydrogen-bond acceptors (Lipinski definition) is 5. The molecule has 1 amide bonds. The molecular weight excluding hydrogens is 241 g/mol. The molecule has 0 aliphatic rings. The third kappa shape index (κ3) is 2.93. The molecular formula is C8H11F3N4O2. The van der Waals surface area contributed by atoms with Crippen LogP contribution in [0.4, 0.5) is 13.2 Å². The van der Waals surface area contributed by atoms with E-state index in [1.807, 2.05) is 5.32 Å². The average molecular weight is 252 g/mol. The van der Waals surface area contributed by atoms with E-state index < -0.39 is 17.6 Å². The van der Waals surface area contributed by atoms with E-state index in [1.54, 1.807) is 0 Å². The second-order valence-electron chi connectivity index (χ2n) is 3.62. The van der Waals surface area contributed by atoms with Crippen molar-refractivity contribution in [3.05, 3.63) is 11.7 Å². The molecule has 1 unspecified atom stereocenters. The first-order chi connectivity index (χ1) is 7.64. The van der Waals surface area contributed by atoms with Crippen molar-refractivity contribution in [3.63, 3.8) is 0 Å². The standard InChI is InChI=1S/C8H11F3N4O2/c1-4-14-5(17-15-4)3-13-6(16)7(2,12)8(9,10)11/h3,12H2,1-2H3,(H,13,16). The van der Waals surface area contributed by atoms with Crippen LogP contribution in [0.2, 0.25) is 0 Å². The molecule has 3 N–H and O–H groups in total. The number of carbonyl (C=O) groups is 1. The van der Waals surface area contributed by atoms with Crippen molar-refractivity contribution in [3.8, 4) is 0 Å². The number of alkyl halides is 3. The van der Waals surface area contributed by atoms with Crippen LogP contribution >= 0.6 is 0 Å². The fraction of sp³-hybridized carbons (Fsp3) is 0.625. The van der Waals surface area contributed by atoms with E-state index in [0.29, 0.717) is 12.7 Å². The van der Waals surface area contributed by atoms with E-state index in [1.165, 1.54) is 6.92 Å². The Morgan fingerprint density at radius 3 is 2.53 bits per heavy atom. The van der Waals surface area contributed by atoms with Crippen LogP contribution in [0.3, 0.4) is 0 Å². The van der Waals surface area contributed by atoms with Gasteiger partial charge in [-0.2, -0.15) is 18.2 Å². The van der Waals surface area contributed by atoms with Crippen molar-refractivity contribution in [2.45, 2.75) is 32.1 Å². The van der Waals surface area contributed by atoms with Gasteiger partial charge >= 0.3 is 6.18 Å². The molecule has 96 valence electrons. The Morgan fingerprint density at radius 2 is 2.12 bits per heavy atom. The second kappa shape index (κ2) is 4.32. The number of carbonyl (C=O) groups excluding carboxylic acids is 1. The van der Waals surface area contributed by atoms with Crippen LogP contribution in [-0.4, -0.2) is 27.8 Å². The molecule has 0 spiro atoms. The summed E-state index contributed by atoms with van der Waals surface area (Å²) in [5, 5.41) is 5.39. The van der Waals surface area contributed by atoms with E-state index >= 15 is 0 Å². The predicted octanol–water partition coefficient (Wildman–Crippen LogP) is 0.274. The van der Waals surface area contributed by atoms with Crippen molar-refractivity contribution in [1.82, 2.24) is 15.5 Å². The first-order valence-electron chi connectivity index (χ1n) is 4.57. The highest BCUT2D eigenvalue weighted by atomic mass is 19.4. The third-order valence-electron chi connectivity index (χ3n) is 2.03. The molecule has 0 fully saturated rings. The normalized spacial score (nSPS) is 15.4. The van der Waals surface area contributed by atoms with Gasteiger partial charge in [-0.3, -0.25) is 4.79 Å². The van der Waals surface area contributed by atoms with Gasteiger partial charge in [0, 0.05) is 0 Å². The summed E-state index contributed by atoms with van der Waals surface area (Å²) in [4.78, 5) is 15.0. The minimum Gasteiger partial charge on any atom is -0.345 e. The summed E-state index contributed by atoms with van der Waals surface area (Å²) in [6.45, 7) is 1.82. The Labute approximate surface area is 94.4 Å². The van der Waals surface area contributed by atoms with Crippen LogP contribution < -0.4 is 11.1 Å². The van der Waals surface area contributed by atoms with Gasteiger partial charge in [0.2, 0.25) is 11.8 Å². The lowest BCUT2D eigenvalue weighted by molar-refractivity contribution is -0.187. The van der Waals surface area contributed by atoms with Gasteiger partial charge < -0.3 is 15.6 Å². The van der Waals surface area contributed by atoms with E-state index in [0.717, 1.165) is 0 Å². The van der Waals surface area contributed by atoms with Crippen LogP contribution in [0.1, 0.15) is 18.6 Å². The maximum atomic E-state index is 12.4. The summed E-state index contributed by atoms with van der Waals surface area (Å²) in [5.74, 6) is -1.03. The molecule has 0 saturated heterocycles. The van der Waals surface area contributed by atoms with E-state index in [4.69, 9.17) is 5.73 Å². The monoisotopic (exact) mass is 252 g/mol. The molecule has 1 heterocycles. The first kappa shape index (κ1) is 13.4. The van der Waals surface area contributed by atoms with Gasteiger partial charge in [-0.1, -0.05) is 5.16 Å². The van der Waals surface area contributed by atoms with Gasteiger partial charge in [-0.05, 0) is 13.8 Å². The molecule has 0 saturated carbocycles. The molecule has 0 aliphatic heterocycles. The number of amides is 1. The number of halogens is 3. The number of rotatable bonds is 3. The average Bonchev–Trinajstić information content (AvgIpc) is 2.58. The third-order valence-corrected chi connectivity index (χ3v) is 2.03. The summed E-state index contributed by atoms with van der Waals surface area (Å²) < 4.78 is 41.7. The number of nitrogens with zero attached hydrogens (tertiary/aromatic N) is 2. The molecule has 1 atom stereocenters. The fourth-order valence-corrected chi connectivity index (χ4v) is 0.880. The molecule has 1 rings (SSSR count). The van der Waals surface area contributed by atoms with Crippen molar-refractivity contribution in [1.29, 1.82) is 0 Å². The molecule has 0 radical (unpaired) electrons. The van der Waals surface area contributed by atoms with E-state index in [2.05, 4.69) is 14.7 Å². The Hall–Kier alpha value is -1.64. The first-order valence-corrected chi connectivity index (χ1v) is 4.57. The molecule has 6 nitrogen and oxygen atoms in total. The van der Waals surface area contributed by atoms with Crippen molar-refractivity contribution in [2.75, 3.05) is 0 Å². The number of aryl methyl sites for hydroxylation is 1. The lowest BCUT2D eigenvalue weighted by Gasteiger charge is -2.25. The zero-order valence-electron chi connectivity index (χ0n) is 9.13. The number of nitrogens with one attached hydrogen (secondary N) is 1. The molecule has 9 heteroatoms. The lowest BCUT2D eigenvalue weighted by atomic mass is 10.0. The van der Waals surface area contributed by atoms with Gasteiger partial charge in [0.1, 0.15) is 0 Å². The Balaban J connectivity index is 2.61. The zero-order chi connectivity index (χ0) is 13.3. The van der Waals surface area contributed by atoms with Crippen molar-refractivity contribution >= 4 is 5.91 Å². The molecule has 17 heavy (non-hydrogen) atoms. The highest BCUT2D eigenvalue weighted by Gasteiger charge is 2.53. The van der Waals surface area contributed by atoms with Gasteiger partial charge in [0.15, 0.2) is 11.4 Å². The molecule has 1 aromatic heterocycles. The molecule has 0 aromatic carbocycles. The van der Waals surface area contributed by atoms with Crippen LogP contribution in [0, 0.1) is 6.92 Å². The summed E-state index contributed by atoms with van der Waals surface area (Å²) in [7, 11) is 0. The number of nitrogens with two attached hydrogens (primary N) is 1. The maximum absolute atomic E-state index is 12.4. The molecule has 0 bridgehead atoms. The van der Waals surface area contributed by atoms with Gasteiger partial charge in [0.05, 0.1) is 6.54 Å². The predicted molar refractivity (Wildman–Crippen MR) is 49.5 cm³/mol. The van der Waals surface area contributed by atoms with E-state index in [9.17, 15) is 18.0 Å². The fourth-order valence-electron chi connectivity index (χ4n) is 0.880. The van der Waals surface area contributed by atoms with Crippen LogP contribution in [0.5, 0.6) is 0 Å². The Bertz CT molecular complexity index is 413. The Morgan fingerprint density at radius 1 is 1.53 bits per heavy atom. The van der Waals surface area contributed by atoms with Crippen LogP contribution in [0.15, 0.2) is 4.52 Å². The smallest absolute Gasteiger partial charge is 0.345 e. The summed E-state index contributed by atoms with van der Waals surface area (Å²) in [6.07, 6.45) is -4.83. The largest absolute Gasteiger partial charge is 0.415 e. The van der Waals surface area contributed by atoms with Gasteiger partial charge in [0.25, 0.3) is 0 Å². The van der Waals surface area contributed by atoms with Crippen molar-refractivity contribution in [2.24, 2.45) is 5.73 Å². The van der Waals surface area contributed by atoms with Crippen molar-refractivity contribution < 1.29 is 22.5 Å².